The van der Waals surface area contributed by atoms with Gasteiger partial charge in [0, 0.05) is 29.6 Å². The highest BCUT2D eigenvalue weighted by Crippen LogP contribution is 2.37. The Hall–Kier alpha value is -2.96. The maximum atomic E-state index is 12.5. The zero-order valence-electron chi connectivity index (χ0n) is 17.3. The first-order chi connectivity index (χ1) is 14.6. The van der Waals surface area contributed by atoms with Crippen LogP contribution in [-0.4, -0.2) is 24.6 Å². The molecule has 0 fully saturated rings. The Morgan fingerprint density at radius 3 is 2.45 bits per heavy atom. The van der Waals surface area contributed by atoms with Gasteiger partial charge in [-0.05, 0) is 60.9 Å². The van der Waals surface area contributed by atoms with Crippen LogP contribution in [0.3, 0.4) is 0 Å². The third-order valence-electron chi connectivity index (χ3n) is 5.70. The SMILES string of the molecule is CC(C)(c1cc(-c2cccc(-c3c(Cl)cc[nH]c3=O)c2)c2ncccc2c1)S(C)(=O)=O. The van der Waals surface area contributed by atoms with Gasteiger partial charge in [-0.25, -0.2) is 8.42 Å². The summed E-state index contributed by atoms with van der Waals surface area (Å²) < 4.78 is 23.9. The Morgan fingerprint density at radius 1 is 1.00 bits per heavy atom. The molecule has 2 heterocycles. The van der Waals surface area contributed by atoms with Crippen molar-refractivity contribution in [1.82, 2.24) is 9.97 Å². The second-order valence-electron chi connectivity index (χ2n) is 7.99. The molecular weight excluding hydrogens is 432 g/mol. The fourth-order valence-corrected chi connectivity index (χ4v) is 4.34. The van der Waals surface area contributed by atoms with Gasteiger partial charge in [0.1, 0.15) is 0 Å². The summed E-state index contributed by atoms with van der Waals surface area (Å²) in [5.41, 5.74) is 3.80. The number of sulfone groups is 1. The van der Waals surface area contributed by atoms with E-state index in [4.69, 9.17) is 11.6 Å². The number of fused-ring (bicyclic) bond motifs is 1. The minimum absolute atomic E-state index is 0.278. The summed E-state index contributed by atoms with van der Waals surface area (Å²) >= 11 is 6.29. The highest BCUT2D eigenvalue weighted by molar-refractivity contribution is 7.91. The Balaban J connectivity index is 2.00. The van der Waals surface area contributed by atoms with Gasteiger partial charge in [-0.2, -0.15) is 0 Å². The van der Waals surface area contributed by atoms with Crippen LogP contribution in [0.5, 0.6) is 0 Å². The Morgan fingerprint density at radius 2 is 1.74 bits per heavy atom. The number of nitrogens with zero attached hydrogens (tertiary/aromatic N) is 1. The molecule has 0 aliphatic carbocycles. The van der Waals surface area contributed by atoms with Crippen LogP contribution in [0, 0.1) is 0 Å². The van der Waals surface area contributed by atoms with Crippen molar-refractivity contribution in [1.29, 1.82) is 0 Å². The molecule has 0 unspecified atom stereocenters. The smallest absolute Gasteiger partial charge is 0.257 e. The summed E-state index contributed by atoms with van der Waals surface area (Å²) in [6.07, 6.45) is 4.45. The Labute approximate surface area is 185 Å². The van der Waals surface area contributed by atoms with Crippen molar-refractivity contribution in [3.8, 4) is 22.3 Å². The summed E-state index contributed by atoms with van der Waals surface area (Å²) in [7, 11) is -3.37. The van der Waals surface area contributed by atoms with E-state index in [9.17, 15) is 13.2 Å². The molecular formula is C24H21ClN2O3S. The number of hydrogen-bond acceptors (Lipinski definition) is 4. The molecule has 0 saturated heterocycles. The van der Waals surface area contributed by atoms with Gasteiger partial charge >= 0.3 is 0 Å². The van der Waals surface area contributed by atoms with Crippen molar-refractivity contribution in [3.05, 3.63) is 87.9 Å². The highest BCUT2D eigenvalue weighted by atomic mass is 35.5. The summed E-state index contributed by atoms with van der Waals surface area (Å²) in [5, 5.41) is 1.20. The minimum atomic E-state index is -3.37. The van der Waals surface area contributed by atoms with Crippen LogP contribution in [0.2, 0.25) is 5.02 Å². The number of aromatic amines is 1. The number of pyridine rings is 2. The van der Waals surface area contributed by atoms with E-state index in [-0.39, 0.29) is 5.56 Å². The molecule has 2 aromatic carbocycles. The molecule has 4 aromatic rings. The summed E-state index contributed by atoms with van der Waals surface area (Å²) in [6, 6.07) is 16.6. The molecule has 5 nitrogen and oxygen atoms in total. The molecule has 0 radical (unpaired) electrons. The van der Waals surface area contributed by atoms with Gasteiger partial charge in [-0.1, -0.05) is 35.9 Å². The molecule has 0 atom stereocenters. The monoisotopic (exact) mass is 452 g/mol. The quantitative estimate of drug-likeness (QED) is 0.462. The van der Waals surface area contributed by atoms with Crippen LogP contribution in [0.4, 0.5) is 0 Å². The standard InChI is InChI=1S/C24H21ClN2O3S/c1-24(2,31(3,29)30)18-13-17-8-5-10-26-22(17)19(14-18)15-6-4-7-16(12-15)21-20(25)9-11-27-23(21)28/h4-14H,1-3H3,(H,27,28). The van der Waals surface area contributed by atoms with Crippen LogP contribution in [0.25, 0.3) is 33.2 Å². The summed E-state index contributed by atoms with van der Waals surface area (Å²) in [6.45, 7) is 3.40. The molecule has 158 valence electrons. The van der Waals surface area contributed by atoms with Crippen molar-refractivity contribution in [2.75, 3.05) is 6.26 Å². The van der Waals surface area contributed by atoms with E-state index in [0.717, 1.165) is 22.0 Å². The van der Waals surface area contributed by atoms with Gasteiger partial charge in [0.05, 0.1) is 20.8 Å². The second kappa shape index (κ2) is 7.62. The van der Waals surface area contributed by atoms with Crippen molar-refractivity contribution < 1.29 is 8.42 Å². The van der Waals surface area contributed by atoms with Crippen molar-refractivity contribution in [3.63, 3.8) is 0 Å². The van der Waals surface area contributed by atoms with Crippen molar-refractivity contribution in [2.45, 2.75) is 18.6 Å². The van der Waals surface area contributed by atoms with Gasteiger partial charge in [0.25, 0.3) is 5.56 Å². The molecule has 31 heavy (non-hydrogen) atoms. The second-order valence-corrected chi connectivity index (χ2v) is 11.0. The van der Waals surface area contributed by atoms with E-state index in [1.165, 1.54) is 12.5 Å². The predicted octanol–water partition coefficient (Wildman–Crippen LogP) is 5.19. The number of halogens is 1. The first-order valence-electron chi connectivity index (χ1n) is 9.66. The van der Waals surface area contributed by atoms with E-state index in [0.29, 0.717) is 21.7 Å². The van der Waals surface area contributed by atoms with Crippen molar-refractivity contribution >= 4 is 32.3 Å². The fourth-order valence-electron chi connectivity index (χ4n) is 3.54. The topological polar surface area (TPSA) is 79.9 Å². The van der Waals surface area contributed by atoms with Crippen LogP contribution >= 0.6 is 11.6 Å². The lowest BCUT2D eigenvalue weighted by atomic mass is 9.92. The average molecular weight is 453 g/mol. The van der Waals surface area contributed by atoms with E-state index < -0.39 is 14.6 Å². The molecule has 0 bridgehead atoms. The van der Waals surface area contributed by atoms with Gasteiger partial charge < -0.3 is 4.98 Å². The highest BCUT2D eigenvalue weighted by Gasteiger charge is 2.33. The summed E-state index contributed by atoms with van der Waals surface area (Å²) in [4.78, 5) is 19.6. The lowest BCUT2D eigenvalue weighted by molar-refractivity contribution is 0.561. The first kappa shape index (κ1) is 21.3. The van der Waals surface area contributed by atoms with E-state index in [1.807, 2.05) is 48.5 Å². The van der Waals surface area contributed by atoms with Crippen LogP contribution < -0.4 is 5.56 Å². The lowest BCUT2D eigenvalue weighted by Crippen LogP contribution is -2.28. The predicted molar refractivity (Wildman–Crippen MR) is 126 cm³/mol. The lowest BCUT2D eigenvalue weighted by Gasteiger charge is -2.24. The fraction of sp³-hybridized carbons (Fsp3) is 0.167. The molecule has 7 heteroatoms. The molecule has 0 amide bonds. The maximum Gasteiger partial charge on any atom is 0.257 e. The van der Waals surface area contributed by atoms with E-state index in [2.05, 4.69) is 9.97 Å². The first-order valence-corrected chi connectivity index (χ1v) is 11.9. The summed E-state index contributed by atoms with van der Waals surface area (Å²) in [5.74, 6) is 0. The van der Waals surface area contributed by atoms with Gasteiger partial charge in [0.15, 0.2) is 9.84 Å². The van der Waals surface area contributed by atoms with E-state index in [1.54, 1.807) is 26.1 Å². The molecule has 0 aliphatic rings. The number of hydrogen-bond donors (Lipinski definition) is 1. The average Bonchev–Trinajstić information content (AvgIpc) is 2.72. The van der Waals surface area contributed by atoms with E-state index >= 15 is 0 Å². The molecule has 2 aromatic heterocycles. The minimum Gasteiger partial charge on any atom is -0.328 e. The van der Waals surface area contributed by atoms with Crippen LogP contribution in [-0.2, 0) is 14.6 Å². The molecule has 0 saturated carbocycles. The zero-order chi connectivity index (χ0) is 22.4. The Kier molecular flexibility index (Phi) is 5.23. The number of rotatable bonds is 4. The van der Waals surface area contributed by atoms with Crippen LogP contribution in [0.1, 0.15) is 19.4 Å². The number of H-pyrrole nitrogens is 1. The molecule has 1 N–H and O–H groups in total. The van der Waals surface area contributed by atoms with Gasteiger partial charge in [-0.3, -0.25) is 9.78 Å². The van der Waals surface area contributed by atoms with Crippen molar-refractivity contribution in [2.24, 2.45) is 0 Å². The number of nitrogens with one attached hydrogen (secondary N) is 1. The Bertz CT molecular complexity index is 1470. The number of benzene rings is 2. The molecule has 4 rings (SSSR count). The third kappa shape index (κ3) is 3.77. The van der Waals surface area contributed by atoms with Crippen LogP contribution in [0.15, 0.2) is 71.8 Å². The van der Waals surface area contributed by atoms with Gasteiger partial charge in [-0.15, -0.1) is 0 Å². The molecule has 0 aliphatic heterocycles. The normalized spacial score (nSPS) is 12.3. The molecule has 0 spiro atoms. The number of aromatic nitrogens is 2. The zero-order valence-corrected chi connectivity index (χ0v) is 18.9. The maximum absolute atomic E-state index is 12.5. The van der Waals surface area contributed by atoms with Gasteiger partial charge in [0.2, 0.25) is 0 Å². The largest absolute Gasteiger partial charge is 0.328 e. The third-order valence-corrected chi connectivity index (χ3v) is 8.10.